The first kappa shape index (κ1) is 15.2. The van der Waals surface area contributed by atoms with Crippen molar-refractivity contribution in [2.24, 2.45) is 0 Å². The number of aromatic nitrogens is 3. The third-order valence-corrected chi connectivity index (χ3v) is 3.32. The van der Waals surface area contributed by atoms with Gasteiger partial charge in [-0.2, -0.15) is 10.4 Å². The highest BCUT2D eigenvalue weighted by atomic mass is 19.1. The minimum Gasteiger partial charge on any atom is -0.507 e. The SMILES string of the molecule is N#Cc1cc(-n2cc(C(=O)O)cn2)ncc1-c1ccc(F)cc1O. The zero-order valence-corrected chi connectivity index (χ0v) is 12.0. The van der Waals surface area contributed by atoms with Crippen molar-refractivity contribution >= 4 is 5.97 Å². The zero-order chi connectivity index (χ0) is 17.3. The second-order valence-electron chi connectivity index (χ2n) is 4.84. The molecule has 3 rings (SSSR count). The highest BCUT2D eigenvalue weighted by Gasteiger charge is 2.14. The van der Waals surface area contributed by atoms with Gasteiger partial charge < -0.3 is 10.2 Å². The molecule has 0 bridgehead atoms. The second-order valence-corrected chi connectivity index (χ2v) is 4.84. The molecule has 7 nitrogen and oxygen atoms in total. The predicted octanol–water partition coefficient (Wildman–Crippen LogP) is 2.35. The Morgan fingerprint density at radius 3 is 2.67 bits per heavy atom. The van der Waals surface area contributed by atoms with Gasteiger partial charge in [-0.1, -0.05) is 0 Å². The van der Waals surface area contributed by atoms with Crippen LogP contribution in [-0.4, -0.2) is 30.9 Å². The molecular weight excluding hydrogens is 315 g/mol. The van der Waals surface area contributed by atoms with Crippen molar-refractivity contribution in [3.05, 3.63) is 59.8 Å². The summed E-state index contributed by atoms with van der Waals surface area (Å²) in [5.41, 5.74) is 0.743. The van der Waals surface area contributed by atoms with Gasteiger partial charge in [-0.3, -0.25) is 0 Å². The van der Waals surface area contributed by atoms with Crippen molar-refractivity contribution in [1.82, 2.24) is 14.8 Å². The molecule has 3 aromatic rings. The van der Waals surface area contributed by atoms with Crippen molar-refractivity contribution < 1.29 is 19.4 Å². The summed E-state index contributed by atoms with van der Waals surface area (Å²) in [6.45, 7) is 0. The van der Waals surface area contributed by atoms with Crippen LogP contribution in [0.3, 0.4) is 0 Å². The van der Waals surface area contributed by atoms with E-state index in [1.165, 1.54) is 29.2 Å². The summed E-state index contributed by atoms with van der Waals surface area (Å²) in [6, 6.07) is 6.82. The number of carbonyl (C=O) groups is 1. The molecule has 0 aliphatic carbocycles. The average molecular weight is 324 g/mol. The molecule has 2 heterocycles. The number of nitriles is 1. The number of benzene rings is 1. The number of hydrogen-bond acceptors (Lipinski definition) is 5. The molecule has 0 aliphatic rings. The van der Waals surface area contributed by atoms with Crippen molar-refractivity contribution in [3.63, 3.8) is 0 Å². The lowest BCUT2D eigenvalue weighted by Gasteiger charge is -2.08. The number of halogens is 1. The fourth-order valence-corrected chi connectivity index (χ4v) is 2.17. The number of pyridine rings is 1. The van der Waals surface area contributed by atoms with Crippen molar-refractivity contribution in [2.45, 2.75) is 0 Å². The lowest BCUT2D eigenvalue weighted by molar-refractivity contribution is 0.0697. The van der Waals surface area contributed by atoms with Gasteiger partial charge in [-0.05, 0) is 12.1 Å². The summed E-state index contributed by atoms with van der Waals surface area (Å²) in [7, 11) is 0. The minimum atomic E-state index is -1.13. The number of hydrogen-bond donors (Lipinski definition) is 2. The third kappa shape index (κ3) is 2.66. The lowest BCUT2D eigenvalue weighted by Crippen LogP contribution is -2.00. The topological polar surface area (TPSA) is 112 Å². The Morgan fingerprint density at radius 2 is 2.04 bits per heavy atom. The van der Waals surface area contributed by atoms with Crippen molar-refractivity contribution in [2.75, 3.05) is 0 Å². The fourth-order valence-electron chi connectivity index (χ4n) is 2.17. The molecule has 1 aromatic carbocycles. The second kappa shape index (κ2) is 5.81. The van der Waals surface area contributed by atoms with Gasteiger partial charge in [0.05, 0.1) is 23.4 Å². The van der Waals surface area contributed by atoms with E-state index in [2.05, 4.69) is 10.1 Å². The Hall–Kier alpha value is -3.73. The lowest BCUT2D eigenvalue weighted by atomic mass is 10.0. The van der Waals surface area contributed by atoms with Crippen LogP contribution in [0.25, 0.3) is 16.9 Å². The van der Waals surface area contributed by atoms with Crippen LogP contribution in [0.4, 0.5) is 4.39 Å². The van der Waals surface area contributed by atoms with Crippen LogP contribution in [0.15, 0.2) is 42.9 Å². The number of carboxylic acid groups (broad SMARTS) is 1. The predicted molar refractivity (Wildman–Crippen MR) is 80.1 cm³/mol. The van der Waals surface area contributed by atoms with Gasteiger partial charge >= 0.3 is 5.97 Å². The summed E-state index contributed by atoms with van der Waals surface area (Å²) in [5.74, 6) is -1.80. The largest absolute Gasteiger partial charge is 0.507 e. The Balaban J connectivity index is 2.08. The van der Waals surface area contributed by atoms with Crippen LogP contribution in [0.2, 0.25) is 0 Å². The average Bonchev–Trinajstić information content (AvgIpc) is 3.05. The molecule has 0 unspecified atom stereocenters. The normalized spacial score (nSPS) is 10.3. The minimum absolute atomic E-state index is 0.0180. The van der Waals surface area contributed by atoms with E-state index in [9.17, 15) is 19.6 Å². The van der Waals surface area contributed by atoms with Crippen molar-refractivity contribution in [3.8, 4) is 28.8 Å². The molecule has 0 aliphatic heterocycles. The number of phenols is 1. The van der Waals surface area contributed by atoms with Gasteiger partial charge in [0.15, 0.2) is 5.82 Å². The molecule has 0 spiro atoms. The standard InChI is InChI=1S/C16H9FN4O3/c17-11-1-2-12(14(22)4-11)13-7-19-15(3-9(13)5-18)21-8-10(6-20-21)16(23)24/h1-4,6-8,22H,(H,23,24). The van der Waals surface area contributed by atoms with Gasteiger partial charge in [-0.15, -0.1) is 0 Å². The summed E-state index contributed by atoms with van der Waals surface area (Å²) in [6.07, 6.45) is 3.76. The molecule has 118 valence electrons. The van der Waals surface area contributed by atoms with E-state index in [1.54, 1.807) is 0 Å². The Labute approximate surface area is 134 Å². The molecular formula is C16H9FN4O3. The molecule has 0 fully saturated rings. The number of phenolic OH excluding ortho intramolecular Hbond substituents is 1. The summed E-state index contributed by atoms with van der Waals surface area (Å²) in [5, 5.41) is 32.0. The number of rotatable bonds is 3. The molecule has 2 N–H and O–H groups in total. The monoisotopic (exact) mass is 324 g/mol. The van der Waals surface area contributed by atoms with Crippen LogP contribution in [0.5, 0.6) is 5.75 Å². The van der Waals surface area contributed by atoms with Gasteiger partial charge in [0.2, 0.25) is 0 Å². The first-order chi connectivity index (χ1) is 11.5. The van der Waals surface area contributed by atoms with Gasteiger partial charge in [0.25, 0.3) is 0 Å². The van der Waals surface area contributed by atoms with E-state index in [1.807, 2.05) is 6.07 Å². The number of carboxylic acids is 1. The van der Waals surface area contributed by atoms with Crippen LogP contribution in [-0.2, 0) is 0 Å². The molecule has 0 radical (unpaired) electrons. The number of nitrogens with zero attached hydrogens (tertiary/aromatic N) is 4. The molecule has 0 atom stereocenters. The Morgan fingerprint density at radius 1 is 1.25 bits per heavy atom. The van der Waals surface area contributed by atoms with Crippen LogP contribution in [0, 0.1) is 17.1 Å². The van der Waals surface area contributed by atoms with E-state index in [-0.39, 0.29) is 28.3 Å². The van der Waals surface area contributed by atoms with Crippen LogP contribution >= 0.6 is 0 Å². The first-order valence-electron chi connectivity index (χ1n) is 6.67. The van der Waals surface area contributed by atoms with E-state index in [0.29, 0.717) is 5.56 Å². The summed E-state index contributed by atoms with van der Waals surface area (Å²) < 4.78 is 14.3. The maximum Gasteiger partial charge on any atom is 0.338 e. The van der Waals surface area contributed by atoms with Gasteiger partial charge in [0, 0.05) is 35.7 Å². The third-order valence-electron chi connectivity index (χ3n) is 3.32. The maximum absolute atomic E-state index is 13.1. The molecule has 2 aromatic heterocycles. The van der Waals surface area contributed by atoms with E-state index in [0.717, 1.165) is 18.3 Å². The molecule has 0 amide bonds. The van der Waals surface area contributed by atoms with Gasteiger partial charge in [-0.25, -0.2) is 18.9 Å². The van der Waals surface area contributed by atoms with Crippen LogP contribution in [0.1, 0.15) is 15.9 Å². The molecule has 0 saturated carbocycles. The van der Waals surface area contributed by atoms with Gasteiger partial charge in [0.1, 0.15) is 11.6 Å². The maximum atomic E-state index is 13.1. The highest BCUT2D eigenvalue weighted by molar-refractivity contribution is 5.87. The molecule has 8 heteroatoms. The van der Waals surface area contributed by atoms with E-state index < -0.39 is 11.8 Å². The zero-order valence-electron chi connectivity index (χ0n) is 12.0. The fraction of sp³-hybridized carbons (Fsp3) is 0. The van der Waals surface area contributed by atoms with E-state index in [4.69, 9.17) is 5.11 Å². The number of aromatic carboxylic acids is 1. The smallest absolute Gasteiger partial charge is 0.338 e. The highest BCUT2D eigenvalue weighted by Crippen LogP contribution is 2.32. The first-order valence-corrected chi connectivity index (χ1v) is 6.67. The van der Waals surface area contributed by atoms with E-state index >= 15 is 0 Å². The Kier molecular flexibility index (Phi) is 3.67. The molecule has 0 saturated heterocycles. The quantitative estimate of drug-likeness (QED) is 0.765. The van der Waals surface area contributed by atoms with Crippen molar-refractivity contribution in [1.29, 1.82) is 5.26 Å². The Bertz CT molecular complexity index is 991. The number of aromatic hydroxyl groups is 1. The summed E-state index contributed by atoms with van der Waals surface area (Å²) >= 11 is 0. The molecule has 24 heavy (non-hydrogen) atoms. The van der Waals surface area contributed by atoms with Crippen LogP contribution < -0.4 is 0 Å². The summed E-state index contributed by atoms with van der Waals surface area (Å²) in [4.78, 5) is 15.0.